The van der Waals surface area contributed by atoms with Crippen LogP contribution in [0.2, 0.25) is 0 Å². The van der Waals surface area contributed by atoms with E-state index in [4.69, 9.17) is 9.47 Å². The fourth-order valence-electron chi connectivity index (χ4n) is 2.33. The van der Waals surface area contributed by atoms with Crippen LogP contribution in [0.3, 0.4) is 0 Å². The Morgan fingerprint density at radius 3 is 2.74 bits per heavy atom. The molecule has 0 N–H and O–H groups in total. The van der Waals surface area contributed by atoms with Crippen molar-refractivity contribution < 1.29 is 14.3 Å². The average molecular weight is 254 g/mol. The number of cyclic esters (lactones) is 1. The number of hydrogen-bond acceptors (Lipinski definition) is 3. The number of benzene rings is 2. The Bertz CT molecular complexity index is 658. The van der Waals surface area contributed by atoms with Gasteiger partial charge in [-0.05, 0) is 22.4 Å². The number of hydrogen-bond donors (Lipinski definition) is 0. The highest BCUT2D eigenvalue weighted by atomic mass is 16.5. The highest BCUT2D eigenvalue weighted by Gasteiger charge is 2.23. The van der Waals surface area contributed by atoms with Gasteiger partial charge in [0.2, 0.25) is 0 Å². The first-order valence-corrected chi connectivity index (χ1v) is 6.20. The van der Waals surface area contributed by atoms with Gasteiger partial charge in [-0.3, -0.25) is 0 Å². The van der Waals surface area contributed by atoms with Crippen molar-refractivity contribution in [2.75, 3.05) is 7.11 Å². The quantitative estimate of drug-likeness (QED) is 0.771. The molecule has 0 aliphatic carbocycles. The zero-order valence-electron chi connectivity index (χ0n) is 10.6. The number of rotatable bonds is 2. The molecule has 19 heavy (non-hydrogen) atoms. The van der Waals surface area contributed by atoms with Crippen molar-refractivity contribution in [3.8, 4) is 0 Å². The molecule has 0 aromatic heterocycles. The lowest BCUT2D eigenvalue weighted by Gasteiger charge is -2.22. The third-order valence-electron chi connectivity index (χ3n) is 3.33. The van der Waals surface area contributed by atoms with E-state index < -0.39 is 0 Å². The zero-order chi connectivity index (χ0) is 13.2. The third-order valence-corrected chi connectivity index (χ3v) is 3.33. The van der Waals surface area contributed by atoms with Crippen molar-refractivity contribution in [3.63, 3.8) is 0 Å². The second kappa shape index (κ2) is 4.76. The lowest BCUT2D eigenvalue weighted by Crippen LogP contribution is -2.16. The summed E-state index contributed by atoms with van der Waals surface area (Å²) in [5.41, 5.74) is 0.995. The Morgan fingerprint density at radius 1 is 1.16 bits per heavy atom. The summed E-state index contributed by atoms with van der Waals surface area (Å²) in [6.07, 6.45) is 1.72. The third kappa shape index (κ3) is 2.32. The fourth-order valence-corrected chi connectivity index (χ4v) is 2.33. The topological polar surface area (TPSA) is 35.5 Å². The zero-order valence-corrected chi connectivity index (χ0v) is 10.6. The monoisotopic (exact) mass is 254 g/mol. The minimum atomic E-state index is -0.346. The summed E-state index contributed by atoms with van der Waals surface area (Å²) >= 11 is 0. The predicted molar refractivity (Wildman–Crippen MR) is 72.5 cm³/mol. The normalized spacial score (nSPS) is 18.9. The maximum absolute atomic E-state index is 11.5. The van der Waals surface area contributed by atoms with E-state index in [2.05, 4.69) is 18.2 Å². The van der Waals surface area contributed by atoms with Crippen LogP contribution in [-0.2, 0) is 14.3 Å². The van der Waals surface area contributed by atoms with Crippen molar-refractivity contribution in [3.05, 3.63) is 59.9 Å². The molecule has 3 heteroatoms. The van der Waals surface area contributed by atoms with Gasteiger partial charge in [0.1, 0.15) is 11.9 Å². The maximum Gasteiger partial charge on any atom is 0.334 e. The van der Waals surface area contributed by atoms with E-state index in [0.29, 0.717) is 12.2 Å². The minimum Gasteiger partial charge on any atom is -0.501 e. The van der Waals surface area contributed by atoms with E-state index in [1.807, 2.05) is 24.3 Å². The molecular formula is C16H14O3. The van der Waals surface area contributed by atoms with Crippen LogP contribution in [0.4, 0.5) is 0 Å². The summed E-state index contributed by atoms with van der Waals surface area (Å²) in [6.45, 7) is 0. The first kappa shape index (κ1) is 11.8. The standard InChI is InChI=1S/C16H14O3/c1-18-14-9-15(19-16(17)10-14)13-7-6-11-4-2-3-5-12(11)8-13/h2-8,10,15H,9H2,1H3. The molecule has 2 aromatic carbocycles. The summed E-state index contributed by atoms with van der Waals surface area (Å²) in [4.78, 5) is 11.5. The van der Waals surface area contributed by atoms with Crippen LogP contribution in [0.5, 0.6) is 0 Å². The molecule has 0 bridgehead atoms. The highest BCUT2D eigenvalue weighted by molar-refractivity contribution is 5.85. The first-order chi connectivity index (χ1) is 9.26. The molecule has 3 rings (SSSR count). The Hall–Kier alpha value is -2.29. The number of carbonyl (C=O) groups is 1. The SMILES string of the molecule is COC1=CC(=O)OC(c2ccc3ccccc3c2)C1. The van der Waals surface area contributed by atoms with Crippen molar-refractivity contribution in [1.82, 2.24) is 0 Å². The van der Waals surface area contributed by atoms with E-state index in [-0.39, 0.29) is 12.1 Å². The average Bonchev–Trinajstić information content (AvgIpc) is 2.46. The van der Waals surface area contributed by atoms with Crippen LogP contribution in [0.1, 0.15) is 18.1 Å². The van der Waals surface area contributed by atoms with Gasteiger partial charge in [-0.1, -0.05) is 36.4 Å². The van der Waals surface area contributed by atoms with Gasteiger partial charge in [0.15, 0.2) is 0 Å². The largest absolute Gasteiger partial charge is 0.501 e. The molecule has 96 valence electrons. The van der Waals surface area contributed by atoms with E-state index >= 15 is 0 Å². The smallest absolute Gasteiger partial charge is 0.334 e. The summed E-state index contributed by atoms with van der Waals surface area (Å²) in [5.74, 6) is 0.315. The molecule has 1 unspecified atom stereocenters. The molecule has 0 fully saturated rings. The molecule has 0 spiro atoms. The Balaban J connectivity index is 1.96. The number of carbonyl (C=O) groups excluding carboxylic acids is 1. The van der Waals surface area contributed by atoms with Crippen LogP contribution < -0.4 is 0 Å². The number of ether oxygens (including phenoxy) is 2. The fraction of sp³-hybridized carbons (Fsp3) is 0.188. The molecule has 2 aromatic rings. The molecule has 1 aliphatic heterocycles. The van der Waals surface area contributed by atoms with Crippen LogP contribution in [0.15, 0.2) is 54.3 Å². The molecule has 1 aliphatic rings. The van der Waals surface area contributed by atoms with Gasteiger partial charge in [-0.15, -0.1) is 0 Å². The molecule has 1 atom stereocenters. The van der Waals surface area contributed by atoms with Crippen molar-refractivity contribution in [2.45, 2.75) is 12.5 Å². The molecule has 1 heterocycles. The second-order valence-corrected chi connectivity index (χ2v) is 4.55. The van der Waals surface area contributed by atoms with Crippen molar-refractivity contribution >= 4 is 16.7 Å². The molecule has 0 saturated carbocycles. The van der Waals surface area contributed by atoms with Crippen LogP contribution in [-0.4, -0.2) is 13.1 Å². The van der Waals surface area contributed by atoms with Crippen LogP contribution in [0.25, 0.3) is 10.8 Å². The molecule has 0 radical (unpaired) electrons. The van der Waals surface area contributed by atoms with Gasteiger partial charge in [0, 0.05) is 6.42 Å². The number of methoxy groups -OCH3 is 1. The maximum atomic E-state index is 11.5. The summed E-state index contributed by atoms with van der Waals surface area (Å²) in [5, 5.41) is 2.32. The van der Waals surface area contributed by atoms with E-state index in [1.165, 1.54) is 11.5 Å². The number of fused-ring (bicyclic) bond motifs is 1. The summed E-state index contributed by atoms with van der Waals surface area (Å²) < 4.78 is 10.5. The second-order valence-electron chi connectivity index (χ2n) is 4.55. The van der Waals surface area contributed by atoms with Crippen molar-refractivity contribution in [2.24, 2.45) is 0 Å². The summed E-state index contributed by atoms with van der Waals surface area (Å²) in [7, 11) is 1.57. The van der Waals surface area contributed by atoms with Gasteiger partial charge < -0.3 is 9.47 Å². The lowest BCUT2D eigenvalue weighted by molar-refractivity contribution is -0.145. The van der Waals surface area contributed by atoms with Gasteiger partial charge in [0.05, 0.1) is 13.2 Å². The van der Waals surface area contributed by atoms with E-state index in [1.54, 1.807) is 7.11 Å². The van der Waals surface area contributed by atoms with Crippen LogP contribution >= 0.6 is 0 Å². The molecule has 0 saturated heterocycles. The van der Waals surface area contributed by atoms with Crippen molar-refractivity contribution in [1.29, 1.82) is 0 Å². The van der Waals surface area contributed by atoms with Gasteiger partial charge in [-0.25, -0.2) is 4.79 Å². The first-order valence-electron chi connectivity index (χ1n) is 6.20. The van der Waals surface area contributed by atoms with Crippen LogP contribution in [0, 0.1) is 0 Å². The predicted octanol–water partition coefficient (Wildman–Crippen LogP) is 3.36. The molecule has 3 nitrogen and oxygen atoms in total. The Morgan fingerprint density at radius 2 is 1.95 bits per heavy atom. The van der Waals surface area contributed by atoms with E-state index in [0.717, 1.165) is 10.9 Å². The lowest BCUT2D eigenvalue weighted by atomic mass is 10.00. The van der Waals surface area contributed by atoms with Gasteiger partial charge >= 0.3 is 5.97 Å². The Labute approximate surface area is 111 Å². The van der Waals surface area contributed by atoms with E-state index in [9.17, 15) is 4.79 Å². The summed E-state index contributed by atoms with van der Waals surface area (Å²) in [6, 6.07) is 14.2. The number of esters is 1. The molecule has 0 amide bonds. The van der Waals surface area contributed by atoms with Gasteiger partial charge in [0.25, 0.3) is 0 Å². The molecular weight excluding hydrogens is 240 g/mol. The van der Waals surface area contributed by atoms with Gasteiger partial charge in [-0.2, -0.15) is 0 Å². The minimum absolute atomic E-state index is 0.267. The highest BCUT2D eigenvalue weighted by Crippen LogP contribution is 2.31. The Kier molecular flexibility index (Phi) is 2.95.